The van der Waals surface area contributed by atoms with Crippen molar-refractivity contribution in [3.05, 3.63) is 48.7 Å². The van der Waals surface area contributed by atoms with Crippen LogP contribution in [-0.2, 0) is 26.9 Å². The summed E-state index contributed by atoms with van der Waals surface area (Å²) in [6, 6.07) is 7.11. The van der Waals surface area contributed by atoms with E-state index in [1.54, 1.807) is 17.0 Å². The van der Waals surface area contributed by atoms with Gasteiger partial charge < -0.3 is 13.9 Å². The van der Waals surface area contributed by atoms with E-state index in [0.717, 1.165) is 0 Å². The summed E-state index contributed by atoms with van der Waals surface area (Å²) in [4.78, 5) is 14.0. The molecule has 0 bridgehead atoms. The Labute approximate surface area is 135 Å². The molecule has 23 heavy (non-hydrogen) atoms. The van der Waals surface area contributed by atoms with Gasteiger partial charge in [0.05, 0.1) is 11.5 Å². The highest BCUT2D eigenvalue weighted by Crippen LogP contribution is 2.22. The van der Waals surface area contributed by atoms with Crippen molar-refractivity contribution < 1.29 is 17.6 Å². The first-order chi connectivity index (χ1) is 11.0. The maximum absolute atomic E-state index is 12.4. The van der Waals surface area contributed by atoms with Gasteiger partial charge in [-0.25, -0.2) is 8.42 Å². The molecule has 1 aliphatic heterocycles. The molecule has 1 aliphatic rings. The Bertz CT molecular complexity index is 727. The fraction of sp³-hybridized carbons (Fsp3) is 0.438. The molecular weight excluding hydrogens is 316 g/mol. The largest absolute Gasteiger partial charge is 0.468 e. The minimum absolute atomic E-state index is 0.0306. The molecular formula is C16H20N2O4S. The molecule has 0 atom stereocenters. The van der Waals surface area contributed by atoms with Gasteiger partial charge in [0.2, 0.25) is 5.91 Å². The van der Waals surface area contributed by atoms with Crippen molar-refractivity contribution >= 4 is 15.7 Å². The number of rotatable bonds is 5. The Balaban J connectivity index is 1.54. The van der Waals surface area contributed by atoms with Crippen LogP contribution in [0, 0.1) is 0 Å². The van der Waals surface area contributed by atoms with Crippen LogP contribution < -0.4 is 0 Å². The Morgan fingerprint density at radius 1 is 1.17 bits per heavy atom. The monoisotopic (exact) mass is 336 g/mol. The van der Waals surface area contributed by atoms with Gasteiger partial charge in [-0.05, 0) is 37.1 Å². The molecule has 0 saturated carbocycles. The molecule has 2 aromatic rings. The molecule has 0 N–H and O–H groups in total. The molecule has 0 radical (unpaired) electrons. The summed E-state index contributed by atoms with van der Waals surface area (Å²) < 4.78 is 31.8. The number of likely N-dealkylation sites (tertiary alicyclic amines) is 1. The summed E-state index contributed by atoms with van der Waals surface area (Å²) in [6.07, 6.45) is 6.14. The number of hydrogen-bond donors (Lipinski definition) is 0. The number of sulfone groups is 1. The maximum atomic E-state index is 12.4. The van der Waals surface area contributed by atoms with Crippen LogP contribution in [0.25, 0.3) is 0 Å². The Hall–Kier alpha value is -2.02. The molecule has 3 heterocycles. The second-order valence-corrected chi connectivity index (χ2v) is 8.10. The van der Waals surface area contributed by atoms with Crippen LogP contribution in [0.1, 0.15) is 18.6 Å². The van der Waals surface area contributed by atoms with Crippen LogP contribution in [0.15, 0.2) is 47.3 Å². The SMILES string of the molecule is O=C(Cn1cccc1)N1CCC(S(=O)(=O)Cc2ccco2)CC1. The first kappa shape index (κ1) is 15.9. The topological polar surface area (TPSA) is 72.5 Å². The van der Waals surface area contributed by atoms with Gasteiger partial charge in [0.25, 0.3) is 0 Å². The van der Waals surface area contributed by atoms with Gasteiger partial charge in [0.1, 0.15) is 18.1 Å². The molecule has 7 heteroatoms. The number of amides is 1. The summed E-state index contributed by atoms with van der Waals surface area (Å²) in [5, 5.41) is -0.400. The molecule has 1 saturated heterocycles. The summed E-state index contributed by atoms with van der Waals surface area (Å²) >= 11 is 0. The van der Waals surface area contributed by atoms with Gasteiger partial charge >= 0.3 is 0 Å². The molecule has 3 rings (SSSR count). The van der Waals surface area contributed by atoms with Crippen molar-refractivity contribution in [2.75, 3.05) is 13.1 Å². The van der Waals surface area contributed by atoms with E-state index in [1.165, 1.54) is 6.26 Å². The van der Waals surface area contributed by atoms with Gasteiger partial charge in [0.15, 0.2) is 9.84 Å². The van der Waals surface area contributed by atoms with Crippen LogP contribution in [0.5, 0.6) is 0 Å². The highest BCUT2D eigenvalue weighted by atomic mass is 32.2. The molecule has 6 nitrogen and oxygen atoms in total. The Morgan fingerprint density at radius 3 is 2.48 bits per heavy atom. The van der Waals surface area contributed by atoms with Gasteiger partial charge in [-0.2, -0.15) is 0 Å². The highest BCUT2D eigenvalue weighted by molar-refractivity contribution is 7.91. The van der Waals surface area contributed by atoms with Crippen molar-refractivity contribution in [1.29, 1.82) is 0 Å². The molecule has 0 unspecified atom stereocenters. The van der Waals surface area contributed by atoms with E-state index in [0.29, 0.717) is 38.2 Å². The molecule has 2 aromatic heterocycles. The average molecular weight is 336 g/mol. The molecule has 1 fully saturated rings. The number of carbonyl (C=O) groups is 1. The second-order valence-electron chi connectivity index (χ2n) is 5.82. The Morgan fingerprint density at radius 2 is 1.87 bits per heavy atom. The van der Waals surface area contributed by atoms with Crippen LogP contribution in [-0.4, -0.2) is 42.1 Å². The summed E-state index contributed by atoms with van der Waals surface area (Å²) in [5.41, 5.74) is 0. The summed E-state index contributed by atoms with van der Waals surface area (Å²) in [5.74, 6) is 0.432. The van der Waals surface area contributed by atoms with E-state index in [2.05, 4.69) is 0 Å². The zero-order valence-corrected chi connectivity index (χ0v) is 13.6. The highest BCUT2D eigenvalue weighted by Gasteiger charge is 2.32. The quantitative estimate of drug-likeness (QED) is 0.833. The van der Waals surface area contributed by atoms with Crippen LogP contribution in [0.2, 0.25) is 0 Å². The minimum Gasteiger partial charge on any atom is -0.468 e. The van der Waals surface area contributed by atoms with E-state index in [1.807, 2.05) is 29.1 Å². The molecule has 0 spiro atoms. The lowest BCUT2D eigenvalue weighted by atomic mass is 10.1. The van der Waals surface area contributed by atoms with Crippen molar-refractivity contribution in [3.63, 3.8) is 0 Å². The van der Waals surface area contributed by atoms with Crippen molar-refractivity contribution in [3.8, 4) is 0 Å². The van der Waals surface area contributed by atoms with Crippen LogP contribution >= 0.6 is 0 Å². The standard InChI is InChI=1S/C16H20N2O4S/c19-16(12-17-7-1-2-8-17)18-9-5-15(6-10-18)23(20,21)13-14-4-3-11-22-14/h1-4,7-8,11,15H,5-6,9-10,12-13H2. The van der Waals surface area contributed by atoms with Crippen LogP contribution in [0.4, 0.5) is 0 Å². The van der Waals surface area contributed by atoms with E-state index in [-0.39, 0.29) is 11.7 Å². The first-order valence-electron chi connectivity index (χ1n) is 7.67. The smallest absolute Gasteiger partial charge is 0.242 e. The van der Waals surface area contributed by atoms with Crippen molar-refractivity contribution in [1.82, 2.24) is 9.47 Å². The number of hydrogen-bond acceptors (Lipinski definition) is 4. The van der Waals surface area contributed by atoms with Crippen LogP contribution in [0.3, 0.4) is 0 Å². The van der Waals surface area contributed by atoms with Gasteiger partial charge in [-0.15, -0.1) is 0 Å². The third-order valence-electron chi connectivity index (χ3n) is 4.21. The van der Waals surface area contributed by atoms with Crippen molar-refractivity contribution in [2.45, 2.75) is 30.4 Å². The average Bonchev–Trinajstić information content (AvgIpc) is 3.21. The third kappa shape index (κ3) is 3.85. The Kier molecular flexibility index (Phi) is 4.56. The molecule has 0 aliphatic carbocycles. The fourth-order valence-corrected chi connectivity index (χ4v) is 4.63. The maximum Gasteiger partial charge on any atom is 0.242 e. The number of piperidine rings is 1. The first-order valence-corrected chi connectivity index (χ1v) is 9.38. The van der Waals surface area contributed by atoms with Gasteiger partial charge in [-0.3, -0.25) is 4.79 Å². The number of furan rings is 1. The summed E-state index contributed by atoms with van der Waals surface area (Å²) in [7, 11) is -3.24. The zero-order chi connectivity index (χ0) is 16.3. The number of aromatic nitrogens is 1. The predicted octanol–water partition coefficient (Wildman–Crippen LogP) is 1.69. The number of carbonyl (C=O) groups excluding carboxylic acids is 1. The van der Waals surface area contributed by atoms with Gasteiger partial charge in [0, 0.05) is 25.5 Å². The minimum atomic E-state index is -3.24. The molecule has 1 amide bonds. The number of nitrogens with zero attached hydrogens (tertiary/aromatic N) is 2. The fourth-order valence-electron chi connectivity index (χ4n) is 2.91. The zero-order valence-electron chi connectivity index (χ0n) is 12.8. The lowest BCUT2D eigenvalue weighted by Gasteiger charge is -2.31. The van der Waals surface area contributed by atoms with E-state index < -0.39 is 15.1 Å². The molecule has 0 aromatic carbocycles. The predicted molar refractivity (Wildman–Crippen MR) is 85.4 cm³/mol. The second kappa shape index (κ2) is 6.62. The van der Waals surface area contributed by atoms with Crippen molar-refractivity contribution in [2.24, 2.45) is 0 Å². The lowest BCUT2D eigenvalue weighted by Crippen LogP contribution is -2.43. The van der Waals surface area contributed by atoms with E-state index in [4.69, 9.17) is 4.42 Å². The normalized spacial score (nSPS) is 16.6. The lowest BCUT2D eigenvalue weighted by molar-refractivity contribution is -0.132. The summed E-state index contributed by atoms with van der Waals surface area (Å²) in [6.45, 7) is 1.28. The van der Waals surface area contributed by atoms with E-state index >= 15 is 0 Å². The van der Waals surface area contributed by atoms with Gasteiger partial charge in [-0.1, -0.05) is 0 Å². The van der Waals surface area contributed by atoms with E-state index in [9.17, 15) is 13.2 Å². The third-order valence-corrected chi connectivity index (χ3v) is 6.38. The molecule has 124 valence electrons.